The maximum absolute atomic E-state index is 5.97. The first kappa shape index (κ1) is 14.5. The van der Waals surface area contributed by atoms with Crippen molar-refractivity contribution in [1.29, 1.82) is 0 Å². The van der Waals surface area contributed by atoms with Gasteiger partial charge in [0, 0.05) is 18.2 Å². The molecule has 96 valence electrons. The van der Waals surface area contributed by atoms with Gasteiger partial charge in [0.25, 0.3) is 0 Å². The highest BCUT2D eigenvalue weighted by atomic mass is 35.5. The molecule has 1 aromatic carbocycles. The van der Waals surface area contributed by atoms with Crippen LogP contribution in [0.15, 0.2) is 24.3 Å². The van der Waals surface area contributed by atoms with Gasteiger partial charge in [-0.25, -0.2) is 0 Å². The molecule has 3 unspecified atom stereocenters. The van der Waals surface area contributed by atoms with Gasteiger partial charge in [0.1, 0.15) is 0 Å². The molecule has 0 radical (unpaired) electrons. The van der Waals surface area contributed by atoms with E-state index in [0.717, 1.165) is 5.56 Å². The van der Waals surface area contributed by atoms with Crippen molar-refractivity contribution in [3.8, 4) is 0 Å². The summed E-state index contributed by atoms with van der Waals surface area (Å²) in [5, 5.41) is 0.691. The molecule has 0 saturated carbocycles. The molecular weight excluding hydrogens is 238 g/mol. The zero-order valence-electron chi connectivity index (χ0n) is 10.5. The number of benzene rings is 1. The highest BCUT2D eigenvalue weighted by Crippen LogP contribution is 2.24. The van der Waals surface area contributed by atoms with Crippen molar-refractivity contribution in [2.45, 2.75) is 32.1 Å². The number of hydrogen-bond donors (Lipinski definition) is 1. The van der Waals surface area contributed by atoms with Crippen LogP contribution in [0.4, 0.5) is 0 Å². The topological polar surface area (TPSA) is 44.5 Å². The van der Waals surface area contributed by atoms with Crippen molar-refractivity contribution >= 4 is 11.6 Å². The molecule has 0 amide bonds. The van der Waals surface area contributed by atoms with E-state index < -0.39 is 0 Å². The molecule has 17 heavy (non-hydrogen) atoms. The third-order valence-corrected chi connectivity index (χ3v) is 2.67. The van der Waals surface area contributed by atoms with Gasteiger partial charge in [0.05, 0.1) is 18.8 Å². The SMILES string of the molecule is COCC(C)OC(c1cccc(Cl)c1)C(C)N. The number of ether oxygens (including phenoxy) is 2. The Hall–Kier alpha value is -0.610. The first-order chi connectivity index (χ1) is 8.04. The lowest BCUT2D eigenvalue weighted by Crippen LogP contribution is -2.31. The summed E-state index contributed by atoms with van der Waals surface area (Å²) in [5.41, 5.74) is 6.95. The molecule has 0 aliphatic heterocycles. The highest BCUT2D eigenvalue weighted by Gasteiger charge is 2.19. The molecule has 0 bridgehead atoms. The molecule has 0 heterocycles. The maximum atomic E-state index is 5.97. The van der Waals surface area contributed by atoms with Crippen LogP contribution in [0.3, 0.4) is 0 Å². The molecule has 0 spiro atoms. The first-order valence-electron chi connectivity index (χ1n) is 5.70. The average molecular weight is 258 g/mol. The fourth-order valence-corrected chi connectivity index (χ4v) is 1.91. The van der Waals surface area contributed by atoms with E-state index in [2.05, 4.69) is 0 Å². The van der Waals surface area contributed by atoms with E-state index >= 15 is 0 Å². The van der Waals surface area contributed by atoms with Crippen molar-refractivity contribution in [1.82, 2.24) is 0 Å². The van der Waals surface area contributed by atoms with Crippen LogP contribution < -0.4 is 5.73 Å². The van der Waals surface area contributed by atoms with E-state index in [9.17, 15) is 0 Å². The van der Waals surface area contributed by atoms with Crippen molar-refractivity contribution in [3.05, 3.63) is 34.9 Å². The van der Waals surface area contributed by atoms with Gasteiger partial charge in [-0.15, -0.1) is 0 Å². The van der Waals surface area contributed by atoms with E-state index in [1.165, 1.54) is 0 Å². The predicted octanol–water partition coefficient (Wildman–Crippen LogP) is 2.78. The number of halogens is 1. The van der Waals surface area contributed by atoms with Gasteiger partial charge < -0.3 is 15.2 Å². The van der Waals surface area contributed by atoms with Gasteiger partial charge in [0.15, 0.2) is 0 Å². The van der Waals surface area contributed by atoms with Crippen LogP contribution in [0.25, 0.3) is 0 Å². The molecule has 1 rings (SSSR count). The van der Waals surface area contributed by atoms with E-state index in [1.54, 1.807) is 7.11 Å². The van der Waals surface area contributed by atoms with Crippen LogP contribution in [0.2, 0.25) is 5.02 Å². The van der Waals surface area contributed by atoms with Crippen LogP contribution in [-0.2, 0) is 9.47 Å². The van der Waals surface area contributed by atoms with Gasteiger partial charge in [-0.2, -0.15) is 0 Å². The molecule has 0 fully saturated rings. The summed E-state index contributed by atoms with van der Waals surface area (Å²) >= 11 is 5.97. The van der Waals surface area contributed by atoms with E-state index in [-0.39, 0.29) is 18.2 Å². The van der Waals surface area contributed by atoms with Gasteiger partial charge in [-0.1, -0.05) is 23.7 Å². The fraction of sp³-hybridized carbons (Fsp3) is 0.538. The Morgan fingerprint density at radius 3 is 2.59 bits per heavy atom. The van der Waals surface area contributed by atoms with Crippen LogP contribution in [-0.4, -0.2) is 25.9 Å². The Kier molecular flexibility index (Phi) is 5.92. The molecule has 1 aromatic rings. The van der Waals surface area contributed by atoms with Crippen molar-refractivity contribution in [2.24, 2.45) is 5.73 Å². The zero-order valence-corrected chi connectivity index (χ0v) is 11.3. The van der Waals surface area contributed by atoms with Crippen molar-refractivity contribution < 1.29 is 9.47 Å². The second-order valence-corrected chi connectivity index (χ2v) is 4.67. The Morgan fingerprint density at radius 2 is 2.06 bits per heavy atom. The summed E-state index contributed by atoms with van der Waals surface area (Å²) in [6.45, 7) is 4.43. The molecule has 3 nitrogen and oxygen atoms in total. The Bertz CT molecular complexity index is 344. The smallest absolute Gasteiger partial charge is 0.0978 e. The molecule has 4 heteroatoms. The van der Waals surface area contributed by atoms with Gasteiger partial charge in [-0.05, 0) is 31.5 Å². The molecule has 0 aromatic heterocycles. The summed E-state index contributed by atoms with van der Waals surface area (Å²) in [6, 6.07) is 7.49. The van der Waals surface area contributed by atoms with E-state index in [4.69, 9.17) is 26.8 Å². The number of rotatable bonds is 6. The molecule has 0 saturated heterocycles. The zero-order chi connectivity index (χ0) is 12.8. The molecule has 2 N–H and O–H groups in total. The van der Waals surface area contributed by atoms with E-state index in [1.807, 2.05) is 38.1 Å². The highest BCUT2D eigenvalue weighted by molar-refractivity contribution is 6.30. The van der Waals surface area contributed by atoms with Crippen molar-refractivity contribution in [3.63, 3.8) is 0 Å². The quantitative estimate of drug-likeness (QED) is 0.852. The maximum Gasteiger partial charge on any atom is 0.0978 e. The lowest BCUT2D eigenvalue weighted by molar-refractivity contribution is -0.0481. The Balaban J connectivity index is 2.79. The monoisotopic (exact) mass is 257 g/mol. The average Bonchev–Trinajstić information content (AvgIpc) is 2.26. The van der Waals surface area contributed by atoms with Crippen molar-refractivity contribution in [2.75, 3.05) is 13.7 Å². The lowest BCUT2D eigenvalue weighted by atomic mass is 10.0. The van der Waals surface area contributed by atoms with Crippen LogP contribution >= 0.6 is 11.6 Å². The normalized spacial score (nSPS) is 16.5. The summed E-state index contributed by atoms with van der Waals surface area (Å²) in [7, 11) is 1.65. The standard InChI is InChI=1S/C13H20ClNO2/c1-9(8-16-3)17-13(10(2)15)11-5-4-6-12(14)7-11/h4-7,9-10,13H,8,15H2,1-3H3. The first-order valence-corrected chi connectivity index (χ1v) is 6.07. The summed E-state index contributed by atoms with van der Waals surface area (Å²) in [4.78, 5) is 0. The molecule has 3 atom stereocenters. The lowest BCUT2D eigenvalue weighted by Gasteiger charge is -2.25. The van der Waals surface area contributed by atoms with Crippen LogP contribution in [0, 0.1) is 0 Å². The fourth-order valence-electron chi connectivity index (χ4n) is 1.71. The summed E-state index contributed by atoms with van der Waals surface area (Å²) < 4.78 is 10.9. The minimum Gasteiger partial charge on any atom is -0.382 e. The third-order valence-electron chi connectivity index (χ3n) is 2.44. The number of methoxy groups -OCH3 is 1. The van der Waals surface area contributed by atoms with Crippen LogP contribution in [0.1, 0.15) is 25.5 Å². The summed E-state index contributed by atoms with van der Waals surface area (Å²) in [6.07, 6.45) is -0.172. The molecular formula is C13H20ClNO2. The number of nitrogens with two attached hydrogens (primary N) is 1. The minimum atomic E-state index is -0.168. The third kappa shape index (κ3) is 4.64. The number of hydrogen-bond acceptors (Lipinski definition) is 3. The van der Waals surface area contributed by atoms with Gasteiger partial charge in [-0.3, -0.25) is 0 Å². The second kappa shape index (κ2) is 6.97. The Morgan fingerprint density at radius 1 is 1.35 bits per heavy atom. The van der Waals surface area contributed by atoms with Gasteiger partial charge in [0.2, 0.25) is 0 Å². The molecule has 0 aliphatic carbocycles. The van der Waals surface area contributed by atoms with Gasteiger partial charge >= 0.3 is 0 Å². The van der Waals surface area contributed by atoms with E-state index in [0.29, 0.717) is 11.6 Å². The van der Waals surface area contributed by atoms with Crippen LogP contribution in [0.5, 0.6) is 0 Å². The minimum absolute atomic E-state index is 0.00465. The summed E-state index contributed by atoms with van der Waals surface area (Å²) in [5.74, 6) is 0. The molecule has 0 aliphatic rings. The Labute approximate surface area is 108 Å². The second-order valence-electron chi connectivity index (χ2n) is 4.24. The predicted molar refractivity (Wildman–Crippen MR) is 70.3 cm³/mol. The largest absolute Gasteiger partial charge is 0.382 e.